The van der Waals surface area contributed by atoms with Gasteiger partial charge in [-0.1, -0.05) is 0 Å². The van der Waals surface area contributed by atoms with E-state index in [-0.39, 0.29) is 23.7 Å². The molecule has 0 fully saturated rings. The zero-order valence-electron chi connectivity index (χ0n) is 10.7. The number of anilines is 1. The Morgan fingerprint density at radius 3 is 2.65 bits per heavy atom. The molecule has 1 heterocycles. The summed E-state index contributed by atoms with van der Waals surface area (Å²) in [6, 6.07) is 6.24. The summed E-state index contributed by atoms with van der Waals surface area (Å²) in [6.07, 6.45) is 0. The summed E-state index contributed by atoms with van der Waals surface area (Å²) in [7, 11) is 1.49. The number of amides is 1. The molecule has 1 aromatic carbocycles. The molecule has 0 saturated heterocycles. The minimum Gasteiger partial charge on any atom is -0.364 e. The summed E-state index contributed by atoms with van der Waals surface area (Å²) in [4.78, 5) is 11.3. The molecule has 1 amide bonds. The van der Waals surface area contributed by atoms with Crippen molar-refractivity contribution in [2.75, 3.05) is 12.4 Å². The molecule has 0 spiro atoms. The zero-order chi connectivity index (χ0) is 14.5. The standard InChI is InChI=1S/C13H12F2N4O/c1-16-13(20)11-4-5-12(19-18-11)17-7-8-6-9(14)2-3-10(8)15/h2-6H,7H2,1H3,(H,16,20)(H,17,19). The lowest BCUT2D eigenvalue weighted by atomic mass is 10.2. The Labute approximate surface area is 114 Å². The monoisotopic (exact) mass is 278 g/mol. The van der Waals surface area contributed by atoms with Crippen LogP contribution in [0, 0.1) is 11.6 Å². The van der Waals surface area contributed by atoms with Gasteiger partial charge in [0.1, 0.15) is 17.5 Å². The molecule has 0 bridgehead atoms. The van der Waals surface area contributed by atoms with Crippen LogP contribution in [0.1, 0.15) is 16.1 Å². The lowest BCUT2D eigenvalue weighted by Gasteiger charge is -2.06. The van der Waals surface area contributed by atoms with E-state index in [1.165, 1.54) is 19.2 Å². The van der Waals surface area contributed by atoms with Gasteiger partial charge in [-0.3, -0.25) is 4.79 Å². The maximum absolute atomic E-state index is 13.4. The van der Waals surface area contributed by atoms with Crippen LogP contribution in [0.2, 0.25) is 0 Å². The van der Waals surface area contributed by atoms with Gasteiger partial charge in [0.25, 0.3) is 5.91 Å². The van der Waals surface area contributed by atoms with Crippen molar-refractivity contribution in [3.05, 3.63) is 53.2 Å². The van der Waals surface area contributed by atoms with Gasteiger partial charge in [0.2, 0.25) is 0 Å². The fraction of sp³-hybridized carbons (Fsp3) is 0.154. The highest BCUT2D eigenvalue weighted by molar-refractivity contribution is 5.91. The second-order valence-corrected chi connectivity index (χ2v) is 3.97. The third kappa shape index (κ3) is 3.25. The van der Waals surface area contributed by atoms with Crippen molar-refractivity contribution in [1.82, 2.24) is 15.5 Å². The van der Waals surface area contributed by atoms with Crippen LogP contribution in [0.3, 0.4) is 0 Å². The molecule has 0 aliphatic carbocycles. The molecule has 0 aliphatic rings. The lowest BCUT2D eigenvalue weighted by molar-refractivity contribution is 0.0957. The summed E-state index contributed by atoms with van der Waals surface area (Å²) in [6.45, 7) is 0.0671. The molecule has 1 aromatic heterocycles. The van der Waals surface area contributed by atoms with Crippen LogP contribution in [-0.4, -0.2) is 23.2 Å². The van der Waals surface area contributed by atoms with Crippen molar-refractivity contribution in [1.29, 1.82) is 0 Å². The fourth-order valence-corrected chi connectivity index (χ4v) is 1.54. The molecule has 2 aromatic rings. The Morgan fingerprint density at radius 2 is 2.00 bits per heavy atom. The number of rotatable bonds is 4. The van der Waals surface area contributed by atoms with Crippen molar-refractivity contribution in [3.63, 3.8) is 0 Å². The van der Waals surface area contributed by atoms with E-state index in [1.54, 1.807) is 0 Å². The van der Waals surface area contributed by atoms with Gasteiger partial charge in [-0.25, -0.2) is 8.78 Å². The Bertz CT molecular complexity index is 616. The average Bonchev–Trinajstić information content (AvgIpc) is 2.48. The first-order chi connectivity index (χ1) is 9.60. The van der Waals surface area contributed by atoms with E-state index >= 15 is 0 Å². The number of nitrogens with one attached hydrogen (secondary N) is 2. The van der Waals surface area contributed by atoms with E-state index in [9.17, 15) is 13.6 Å². The predicted molar refractivity (Wildman–Crippen MR) is 69.1 cm³/mol. The maximum atomic E-state index is 13.4. The molecule has 2 rings (SSSR count). The minimum absolute atomic E-state index is 0.0671. The second-order valence-electron chi connectivity index (χ2n) is 3.97. The van der Waals surface area contributed by atoms with E-state index in [0.29, 0.717) is 5.82 Å². The molecule has 20 heavy (non-hydrogen) atoms. The number of hydrogen-bond donors (Lipinski definition) is 2. The third-order valence-corrected chi connectivity index (χ3v) is 2.59. The zero-order valence-corrected chi connectivity index (χ0v) is 10.7. The fourth-order valence-electron chi connectivity index (χ4n) is 1.54. The van der Waals surface area contributed by atoms with Crippen molar-refractivity contribution in [2.45, 2.75) is 6.54 Å². The van der Waals surface area contributed by atoms with Crippen molar-refractivity contribution >= 4 is 11.7 Å². The molecule has 0 saturated carbocycles. The van der Waals surface area contributed by atoms with Gasteiger partial charge in [-0.05, 0) is 30.3 Å². The Kier molecular flexibility index (Phi) is 4.19. The highest BCUT2D eigenvalue weighted by Gasteiger charge is 2.07. The molecule has 104 valence electrons. The number of hydrogen-bond acceptors (Lipinski definition) is 4. The number of carbonyl (C=O) groups excluding carboxylic acids is 1. The van der Waals surface area contributed by atoms with E-state index in [0.717, 1.165) is 18.2 Å². The first kappa shape index (κ1) is 13.9. The van der Waals surface area contributed by atoms with Crippen molar-refractivity contribution < 1.29 is 13.6 Å². The molecule has 5 nitrogen and oxygen atoms in total. The van der Waals surface area contributed by atoms with Gasteiger partial charge < -0.3 is 10.6 Å². The van der Waals surface area contributed by atoms with Crippen LogP contribution in [0.5, 0.6) is 0 Å². The lowest BCUT2D eigenvalue weighted by Crippen LogP contribution is -2.19. The quantitative estimate of drug-likeness (QED) is 0.893. The summed E-state index contributed by atoms with van der Waals surface area (Å²) in [5, 5.41) is 12.7. The number of carbonyl (C=O) groups is 1. The summed E-state index contributed by atoms with van der Waals surface area (Å²) >= 11 is 0. The molecule has 0 atom stereocenters. The summed E-state index contributed by atoms with van der Waals surface area (Å²) in [5.41, 5.74) is 0.358. The molecule has 0 unspecified atom stereocenters. The molecule has 0 radical (unpaired) electrons. The van der Waals surface area contributed by atoms with Crippen molar-refractivity contribution in [2.24, 2.45) is 0 Å². The third-order valence-electron chi connectivity index (χ3n) is 2.59. The molecule has 2 N–H and O–H groups in total. The Morgan fingerprint density at radius 1 is 1.20 bits per heavy atom. The van der Waals surface area contributed by atoms with Crippen LogP contribution >= 0.6 is 0 Å². The highest BCUT2D eigenvalue weighted by atomic mass is 19.1. The molecule has 7 heteroatoms. The first-order valence-corrected chi connectivity index (χ1v) is 5.84. The van der Waals surface area contributed by atoms with E-state index in [2.05, 4.69) is 20.8 Å². The second kappa shape index (κ2) is 6.05. The highest BCUT2D eigenvalue weighted by Crippen LogP contribution is 2.11. The van der Waals surface area contributed by atoms with Gasteiger partial charge in [-0.15, -0.1) is 10.2 Å². The van der Waals surface area contributed by atoms with E-state index in [1.807, 2.05) is 0 Å². The predicted octanol–water partition coefficient (Wildman–Crippen LogP) is 1.73. The smallest absolute Gasteiger partial charge is 0.271 e. The summed E-state index contributed by atoms with van der Waals surface area (Å²) in [5.74, 6) is -1.00. The SMILES string of the molecule is CNC(=O)c1ccc(NCc2cc(F)ccc2F)nn1. The van der Waals surface area contributed by atoms with E-state index < -0.39 is 11.6 Å². The first-order valence-electron chi connectivity index (χ1n) is 5.84. The van der Waals surface area contributed by atoms with E-state index in [4.69, 9.17) is 0 Å². The molecular weight excluding hydrogens is 266 g/mol. The maximum Gasteiger partial charge on any atom is 0.271 e. The van der Waals surface area contributed by atoms with Gasteiger partial charge in [0.15, 0.2) is 5.69 Å². The van der Waals surface area contributed by atoms with Crippen LogP contribution in [0.25, 0.3) is 0 Å². The number of aromatic nitrogens is 2. The van der Waals surface area contributed by atoms with Gasteiger partial charge in [0, 0.05) is 19.2 Å². The van der Waals surface area contributed by atoms with Crippen molar-refractivity contribution in [3.8, 4) is 0 Å². The minimum atomic E-state index is -0.510. The molecule has 0 aliphatic heterocycles. The largest absolute Gasteiger partial charge is 0.364 e. The Hall–Kier alpha value is -2.57. The normalized spacial score (nSPS) is 10.2. The Balaban J connectivity index is 2.04. The average molecular weight is 278 g/mol. The summed E-state index contributed by atoms with van der Waals surface area (Å²) < 4.78 is 26.4. The van der Waals surface area contributed by atoms with Gasteiger partial charge in [-0.2, -0.15) is 0 Å². The van der Waals surface area contributed by atoms with Gasteiger partial charge in [0.05, 0.1) is 0 Å². The number of nitrogens with zero attached hydrogens (tertiary/aromatic N) is 2. The number of halogens is 2. The van der Waals surface area contributed by atoms with Crippen LogP contribution in [-0.2, 0) is 6.54 Å². The van der Waals surface area contributed by atoms with Gasteiger partial charge >= 0.3 is 0 Å². The van der Waals surface area contributed by atoms with Crippen LogP contribution < -0.4 is 10.6 Å². The van der Waals surface area contributed by atoms with Crippen LogP contribution in [0.4, 0.5) is 14.6 Å². The number of benzene rings is 1. The van der Waals surface area contributed by atoms with Crippen LogP contribution in [0.15, 0.2) is 30.3 Å². The topological polar surface area (TPSA) is 66.9 Å². The molecular formula is C13H12F2N4O.